The zero-order chi connectivity index (χ0) is 15.5. The fourth-order valence-electron chi connectivity index (χ4n) is 2.28. The second-order valence-corrected chi connectivity index (χ2v) is 7.70. The van der Waals surface area contributed by atoms with Crippen LogP contribution >= 0.6 is 23.2 Å². The topological polar surface area (TPSA) is 67.4 Å². The molecule has 118 valence electrons. The lowest BCUT2D eigenvalue weighted by molar-refractivity contribution is 0.0322. The molecule has 0 aromatic heterocycles. The van der Waals surface area contributed by atoms with Gasteiger partial charge in [-0.15, -0.1) is 0 Å². The molecule has 0 aliphatic carbocycles. The van der Waals surface area contributed by atoms with Crippen LogP contribution in [0.15, 0.2) is 18.2 Å². The maximum atomic E-state index is 11.3. The minimum absolute atomic E-state index is 0.0283. The van der Waals surface area contributed by atoms with Gasteiger partial charge in [-0.1, -0.05) is 29.3 Å². The summed E-state index contributed by atoms with van der Waals surface area (Å²) in [7, 11) is -3.24. The van der Waals surface area contributed by atoms with Crippen LogP contribution in [0, 0.1) is 5.92 Å². The molecule has 5 nitrogen and oxygen atoms in total. The maximum Gasteiger partial charge on any atom is 0.208 e. The number of ether oxygens (including phenoxy) is 1. The van der Waals surface area contributed by atoms with Crippen molar-refractivity contribution in [2.75, 3.05) is 32.5 Å². The Hall–Kier alpha value is -0.370. The molecule has 0 amide bonds. The Morgan fingerprint density at radius 1 is 1.38 bits per heavy atom. The van der Waals surface area contributed by atoms with E-state index in [0.717, 1.165) is 18.4 Å². The summed E-state index contributed by atoms with van der Waals surface area (Å²) in [5.74, 6) is -0.0283. The van der Waals surface area contributed by atoms with Crippen molar-refractivity contribution in [1.29, 1.82) is 0 Å². The molecule has 0 bridgehead atoms. The van der Waals surface area contributed by atoms with Crippen LogP contribution in [0.5, 0.6) is 0 Å². The molecule has 1 fully saturated rings. The fraction of sp³-hybridized carbons (Fsp3) is 0.538. The Labute approximate surface area is 135 Å². The van der Waals surface area contributed by atoms with Crippen LogP contribution in [0.3, 0.4) is 0 Å². The molecule has 0 radical (unpaired) electrons. The summed E-state index contributed by atoms with van der Waals surface area (Å²) in [5.41, 5.74) is 0.897. The number of rotatable bonds is 4. The average molecular weight is 353 g/mol. The standard InChI is InChI=1S/C13H18Cl2N2O3S/c1-21(18,19)17-8-10-7-16-4-5-20-13(10)9-2-3-11(14)12(15)6-9/h2-3,6,10,13,16-17H,4-5,7-8H2,1H3/t10-,13?/m1/s1. The first-order valence-corrected chi connectivity index (χ1v) is 9.23. The van der Waals surface area contributed by atoms with E-state index in [2.05, 4.69) is 10.0 Å². The Kier molecular flexibility index (Phi) is 5.88. The van der Waals surface area contributed by atoms with Gasteiger partial charge in [-0.3, -0.25) is 0 Å². The van der Waals surface area contributed by atoms with Gasteiger partial charge < -0.3 is 10.1 Å². The van der Waals surface area contributed by atoms with E-state index in [0.29, 0.717) is 29.7 Å². The first-order valence-electron chi connectivity index (χ1n) is 6.59. The number of benzene rings is 1. The molecule has 0 spiro atoms. The van der Waals surface area contributed by atoms with Crippen LogP contribution in [0.2, 0.25) is 10.0 Å². The molecule has 1 aliphatic rings. The van der Waals surface area contributed by atoms with E-state index in [4.69, 9.17) is 27.9 Å². The lowest BCUT2D eigenvalue weighted by Gasteiger charge is -2.25. The summed E-state index contributed by atoms with van der Waals surface area (Å²) in [6.07, 6.45) is 0.913. The molecule has 1 aliphatic heterocycles. The Bertz CT molecular complexity index is 595. The number of hydrogen-bond acceptors (Lipinski definition) is 4. The highest BCUT2D eigenvalue weighted by molar-refractivity contribution is 7.88. The van der Waals surface area contributed by atoms with Gasteiger partial charge >= 0.3 is 0 Å². The third kappa shape index (κ3) is 5.09. The zero-order valence-corrected chi connectivity index (χ0v) is 13.9. The number of nitrogens with one attached hydrogen (secondary N) is 2. The molecule has 21 heavy (non-hydrogen) atoms. The highest BCUT2D eigenvalue weighted by Gasteiger charge is 2.27. The number of hydrogen-bond donors (Lipinski definition) is 2. The minimum Gasteiger partial charge on any atom is -0.372 e. The van der Waals surface area contributed by atoms with Crippen molar-refractivity contribution in [3.05, 3.63) is 33.8 Å². The maximum absolute atomic E-state index is 11.3. The quantitative estimate of drug-likeness (QED) is 0.867. The molecular weight excluding hydrogens is 335 g/mol. The average Bonchev–Trinajstić information content (AvgIpc) is 2.64. The van der Waals surface area contributed by atoms with Crippen molar-refractivity contribution < 1.29 is 13.2 Å². The van der Waals surface area contributed by atoms with E-state index >= 15 is 0 Å². The van der Waals surface area contributed by atoms with Crippen molar-refractivity contribution in [2.24, 2.45) is 5.92 Å². The summed E-state index contributed by atoms with van der Waals surface area (Å²) in [5, 5.41) is 4.19. The van der Waals surface area contributed by atoms with Crippen LogP contribution in [0.25, 0.3) is 0 Å². The van der Waals surface area contributed by atoms with Crippen molar-refractivity contribution in [2.45, 2.75) is 6.10 Å². The first kappa shape index (κ1) is 17.0. The molecule has 2 N–H and O–H groups in total. The molecule has 0 saturated carbocycles. The smallest absolute Gasteiger partial charge is 0.208 e. The van der Waals surface area contributed by atoms with Gasteiger partial charge in [-0.05, 0) is 17.7 Å². The summed E-state index contributed by atoms with van der Waals surface area (Å²) >= 11 is 12.0. The van der Waals surface area contributed by atoms with E-state index in [1.54, 1.807) is 12.1 Å². The largest absolute Gasteiger partial charge is 0.372 e. The Morgan fingerprint density at radius 2 is 2.14 bits per heavy atom. The van der Waals surface area contributed by atoms with Gasteiger partial charge in [-0.2, -0.15) is 0 Å². The second kappa shape index (κ2) is 7.26. The summed E-state index contributed by atoms with van der Waals surface area (Å²) in [6, 6.07) is 5.35. The third-order valence-corrected chi connectivity index (χ3v) is 4.72. The highest BCUT2D eigenvalue weighted by atomic mass is 35.5. The van der Waals surface area contributed by atoms with E-state index in [-0.39, 0.29) is 12.0 Å². The van der Waals surface area contributed by atoms with Gasteiger partial charge in [0.15, 0.2) is 0 Å². The summed E-state index contributed by atoms with van der Waals surface area (Å²) in [4.78, 5) is 0. The van der Waals surface area contributed by atoms with Crippen LogP contribution < -0.4 is 10.0 Å². The monoisotopic (exact) mass is 352 g/mol. The van der Waals surface area contributed by atoms with Crippen molar-refractivity contribution in [1.82, 2.24) is 10.0 Å². The summed E-state index contributed by atoms with van der Waals surface area (Å²) < 4.78 is 31.0. The van der Waals surface area contributed by atoms with E-state index in [1.807, 2.05) is 6.07 Å². The molecule has 1 aromatic rings. The molecule has 1 aromatic carbocycles. The lowest BCUT2D eigenvalue weighted by Crippen LogP contribution is -2.36. The van der Waals surface area contributed by atoms with Gasteiger partial charge in [-0.25, -0.2) is 13.1 Å². The summed E-state index contributed by atoms with van der Waals surface area (Å²) in [6.45, 7) is 2.25. The first-order chi connectivity index (χ1) is 9.87. The van der Waals surface area contributed by atoms with Gasteiger partial charge in [0.05, 0.1) is 29.0 Å². The highest BCUT2D eigenvalue weighted by Crippen LogP contribution is 2.31. The Morgan fingerprint density at radius 3 is 2.81 bits per heavy atom. The fourth-order valence-corrected chi connectivity index (χ4v) is 3.11. The van der Waals surface area contributed by atoms with Crippen LogP contribution in [-0.4, -0.2) is 40.9 Å². The van der Waals surface area contributed by atoms with Gasteiger partial charge in [0, 0.05) is 25.6 Å². The molecule has 1 unspecified atom stereocenters. The third-order valence-electron chi connectivity index (χ3n) is 3.29. The second-order valence-electron chi connectivity index (χ2n) is 5.05. The predicted molar refractivity (Wildman–Crippen MR) is 84.4 cm³/mol. The lowest BCUT2D eigenvalue weighted by atomic mass is 9.95. The van der Waals surface area contributed by atoms with E-state index in [9.17, 15) is 8.42 Å². The van der Waals surface area contributed by atoms with Gasteiger partial charge in [0.1, 0.15) is 0 Å². The predicted octanol–water partition coefficient (Wildman–Crippen LogP) is 1.82. The minimum atomic E-state index is -3.24. The van der Waals surface area contributed by atoms with Gasteiger partial charge in [0.25, 0.3) is 0 Å². The van der Waals surface area contributed by atoms with Crippen molar-refractivity contribution in [3.8, 4) is 0 Å². The zero-order valence-electron chi connectivity index (χ0n) is 11.6. The normalized spacial score (nSPS) is 23.8. The van der Waals surface area contributed by atoms with Crippen molar-refractivity contribution in [3.63, 3.8) is 0 Å². The molecule has 2 rings (SSSR count). The van der Waals surface area contributed by atoms with Crippen LogP contribution in [-0.2, 0) is 14.8 Å². The van der Waals surface area contributed by atoms with Crippen LogP contribution in [0.1, 0.15) is 11.7 Å². The number of halogens is 2. The van der Waals surface area contributed by atoms with E-state index < -0.39 is 10.0 Å². The molecule has 1 heterocycles. The molecule has 2 atom stereocenters. The van der Waals surface area contributed by atoms with Crippen molar-refractivity contribution >= 4 is 33.2 Å². The number of sulfonamides is 1. The van der Waals surface area contributed by atoms with Crippen LogP contribution in [0.4, 0.5) is 0 Å². The SMILES string of the molecule is CS(=O)(=O)NC[C@H]1CNCCOC1c1ccc(Cl)c(Cl)c1. The van der Waals surface area contributed by atoms with E-state index in [1.165, 1.54) is 0 Å². The Balaban J connectivity index is 2.20. The molecular formula is C13H18Cl2N2O3S. The van der Waals surface area contributed by atoms with Gasteiger partial charge in [0.2, 0.25) is 10.0 Å². The molecule has 1 saturated heterocycles. The molecule has 8 heteroatoms.